The van der Waals surface area contributed by atoms with Crippen LogP contribution >= 0.6 is 11.3 Å². The third kappa shape index (κ3) is 4.85. The molecule has 0 atom stereocenters. The van der Waals surface area contributed by atoms with Crippen LogP contribution in [0.2, 0.25) is 13.3 Å². The Morgan fingerprint density at radius 3 is 2.04 bits per heavy atom. The first-order chi connectivity index (χ1) is 11.1. The van der Waals surface area contributed by atoms with E-state index in [9.17, 15) is 4.79 Å². The molecule has 4 heteroatoms. The van der Waals surface area contributed by atoms with Crippen molar-refractivity contribution in [1.29, 1.82) is 0 Å². The molecule has 0 aliphatic carbocycles. The zero-order valence-electron chi connectivity index (χ0n) is 14.9. The van der Waals surface area contributed by atoms with Crippen LogP contribution in [0, 0.1) is 0 Å². The molecular formula is C19H31NOSSn. The molecule has 0 radical (unpaired) electrons. The molecule has 1 aromatic carbocycles. The monoisotopic (exact) mass is 441 g/mol. The number of thiazole rings is 1. The van der Waals surface area contributed by atoms with E-state index in [1.54, 1.807) is 3.58 Å². The van der Waals surface area contributed by atoms with Crippen molar-refractivity contribution in [2.45, 2.75) is 72.6 Å². The van der Waals surface area contributed by atoms with Gasteiger partial charge in [-0.15, -0.1) is 0 Å². The number of H-pyrrole nitrogens is 1. The average Bonchev–Trinajstić information content (AvgIpc) is 2.93. The average molecular weight is 440 g/mol. The molecular weight excluding hydrogens is 409 g/mol. The molecule has 0 bridgehead atoms. The van der Waals surface area contributed by atoms with Crippen molar-refractivity contribution in [3.63, 3.8) is 0 Å². The summed E-state index contributed by atoms with van der Waals surface area (Å²) in [5.41, 5.74) is 1.07. The van der Waals surface area contributed by atoms with Gasteiger partial charge in [-0.1, -0.05) is 0 Å². The van der Waals surface area contributed by atoms with Gasteiger partial charge < -0.3 is 0 Å². The number of nitrogens with one attached hydrogen (secondary N) is 1. The second-order valence-electron chi connectivity index (χ2n) is 6.82. The van der Waals surface area contributed by atoms with E-state index in [0.717, 1.165) is 10.2 Å². The summed E-state index contributed by atoms with van der Waals surface area (Å²) in [4.78, 5) is 14.8. The molecule has 1 aromatic heterocycles. The summed E-state index contributed by atoms with van der Waals surface area (Å²) < 4.78 is 7.19. The molecule has 1 heterocycles. The van der Waals surface area contributed by atoms with Crippen molar-refractivity contribution >= 4 is 43.5 Å². The van der Waals surface area contributed by atoms with Gasteiger partial charge in [-0.25, -0.2) is 0 Å². The van der Waals surface area contributed by atoms with Gasteiger partial charge in [0.1, 0.15) is 0 Å². The Labute approximate surface area is 148 Å². The first kappa shape index (κ1) is 19.0. The number of benzene rings is 1. The van der Waals surface area contributed by atoms with Crippen LogP contribution in [-0.2, 0) is 0 Å². The van der Waals surface area contributed by atoms with Gasteiger partial charge in [-0.3, -0.25) is 0 Å². The van der Waals surface area contributed by atoms with Crippen LogP contribution in [0.25, 0.3) is 10.2 Å². The Morgan fingerprint density at radius 2 is 1.52 bits per heavy atom. The van der Waals surface area contributed by atoms with Crippen molar-refractivity contribution in [2.75, 3.05) is 0 Å². The second-order valence-corrected chi connectivity index (χ2v) is 21.1. The van der Waals surface area contributed by atoms with Crippen LogP contribution in [0.3, 0.4) is 0 Å². The predicted molar refractivity (Wildman–Crippen MR) is 107 cm³/mol. The maximum atomic E-state index is 11.6. The zero-order chi connectivity index (χ0) is 16.7. The standard InChI is InChI=1S/C7H4NOS.3C4H9.Sn/c9-7-8-5-3-1-2-4-6(5)10-7;3*1-3-4-2;/h2-4H,(H,8,9);3*1,3-4H2,2H3;. The molecule has 0 aliphatic heterocycles. The Balaban J connectivity index is 2.42. The van der Waals surface area contributed by atoms with Gasteiger partial charge in [-0.2, -0.15) is 0 Å². The van der Waals surface area contributed by atoms with Crippen molar-refractivity contribution in [2.24, 2.45) is 0 Å². The van der Waals surface area contributed by atoms with E-state index >= 15 is 0 Å². The molecule has 1 N–H and O–H groups in total. The summed E-state index contributed by atoms with van der Waals surface area (Å²) in [6, 6.07) is 6.93. The van der Waals surface area contributed by atoms with Gasteiger partial charge in [0.25, 0.3) is 0 Å². The van der Waals surface area contributed by atoms with Crippen LogP contribution in [0.4, 0.5) is 0 Å². The maximum absolute atomic E-state index is 11.6. The minimum absolute atomic E-state index is 0.0774. The molecule has 0 spiro atoms. The molecule has 2 aromatic rings. The van der Waals surface area contributed by atoms with Crippen molar-refractivity contribution in [3.8, 4) is 0 Å². The van der Waals surface area contributed by atoms with Crippen molar-refractivity contribution in [3.05, 3.63) is 27.9 Å². The molecule has 23 heavy (non-hydrogen) atoms. The van der Waals surface area contributed by atoms with Gasteiger partial charge in [0.15, 0.2) is 0 Å². The van der Waals surface area contributed by atoms with E-state index in [2.05, 4.69) is 44.0 Å². The molecule has 0 fully saturated rings. The minimum atomic E-state index is -2.35. The molecule has 0 saturated carbocycles. The van der Waals surface area contributed by atoms with Crippen molar-refractivity contribution in [1.82, 2.24) is 4.98 Å². The normalized spacial score (nSPS) is 12.1. The number of aromatic amines is 1. The summed E-state index contributed by atoms with van der Waals surface area (Å²) in [7, 11) is 0. The fourth-order valence-corrected chi connectivity index (χ4v) is 20.3. The first-order valence-electron chi connectivity index (χ1n) is 9.28. The van der Waals surface area contributed by atoms with Crippen LogP contribution in [-0.4, -0.2) is 23.4 Å². The molecule has 0 amide bonds. The van der Waals surface area contributed by atoms with Gasteiger partial charge >= 0.3 is 149 Å². The van der Waals surface area contributed by atoms with E-state index < -0.39 is 18.4 Å². The molecule has 0 saturated heterocycles. The Morgan fingerprint density at radius 1 is 0.957 bits per heavy atom. The summed E-state index contributed by atoms with van der Waals surface area (Å²) in [5.74, 6) is 0. The fraction of sp³-hybridized carbons (Fsp3) is 0.632. The van der Waals surface area contributed by atoms with E-state index in [1.165, 1.54) is 63.2 Å². The number of hydrogen-bond donors (Lipinski definition) is 1. The van der Waals surface area contributed by atoms with Gasteiger partial charge in [-0.05, 0) is 0 Å². The van der Waals surface area contributed by atoms with E-state index in [1.807, 2.05) is 0 Å². The Kier molecular flexibility index (Phi) is 7.66. The second kappa shape index (κ2) is 9.26. The number of hydrogen-bond acceptors (Lipinski definition) is 2. The van der Waals surface area contributed by atoms with Crippen molar-refractivity contribution < 1.29 is 0 Å². The van der Waals surface area contributed by atoms with Gasteiger partial charge in [0, 0.05) is 0 Å². The van der Waals surface area contributed by atoms with Gasteiger partial charge in [0.2, 0.25) is 0 Å². The van der Waals surface area contributed by atoms with Crippen LogP contribution < -0.4 is 8.45 Å². The topological polar surface area (TPSA) is 32.9 Å². The number of rotatable bonds is 10. The van der Waals surface area contributed by atoms with E-state index in [4.69, 9.17) is 0 Å². The Hall–Kier alpha value is -0.291. The molecule has 2 nitrogen and oxygen atoms in total. The fourth-order valence-electron chi connectivity index (χ4n) is 3.64. The summed E-state index contributed by atoms with van der Waals surface area (Å²) in [6.07, 6.45) is 8.03. The molecule has 0 unspecified atom stereocenters. The Bertz CT molecular complexity index is 639. The third-order valence-corrected chi connectivity index (χ3v) is 21.5. The summed E-state index contributed by atoms with van der Waals surface area (Å²) in [5, 5.41) is 0. The molecule has 2 rings (SSSR count). The summed E-state index contributed by atoms with van der Waals surface area (Å²) in [6.45, 7) is 6.95. The van der Waals surface area contributed by atoms with Gasteiger partial charge in [0.05, 0.1) is 0 Å². The third-order valence-electron chi connectivity index (χ3n) is 5.06. The quantitative estimate of drug-likeness (QED) is 0.477. The first-order valence-corrected chi connectivity index (χ1v) is 17.6. The zero-order valence-corrected chi connectivity index (χ0v) is 18.6. The summed E-state index contributed by atoms with van der Waals surface area (Å²) >= 11 is -1.02. The number of aromatic nitrogens is 1. The number of unbranched alkanes of at least 4 members (excludes halogenated alkanes) is 3. The molecule has 0 aliphatic rings. The molecule has 128 valence electrons. The van der Waals surface area contributed by atoms with E-state index in [-0.39, 0.29) is 4.87 Å². The van der Waals surface area contributed by atoms with Crippen LogP contribution in [0.15, 0.2) is 23.0 Å². The number of fused-ring (bicyclic) bond motifs is 1. The van der Waals surface area contributed by atoms with E-state index in [0.29, 0.717) is 0 Å². The van der Waals surface area contributed by atoms with Crippen LogP contribution in [0.1, 0.15) is 59.3 Å². The SMILES string of the molecule is CCC[CH2][Sn]([CH2]CCC)([CH2]CCC)[c]1ccc2sc(=O)[nH]c2c1. The van der Waals surface area contributed by atoms with Crippen LogP contribution in [0.5, 0.6) is 0 Å². The predicted octanol–water partition coefficient (Wildman–Crippen LogP) is 5.65.